The van der Waals surface area contributed by atoms with Gasteiger partial charge in [0.15, 0.2) is 23.1 Å². The van der Waals surface area contributed by atoms with Crippen LogP contribution in [0.25, 0.3) is 0 Å². The van der Waals surface area contributed by atoms with Gasteiger partial charge in [-0.3, -0.25) is 5.26 Å². The Morgan fingerprint density at radius 3 is 2.36 bits per heavy atom. The first-order valence-electron chi connectivity index (χ1n) is 3.38. The van der Waals surface area contributed by atoms with Crippen LogP contribution in [0, 0.1) is 11.6 Å². The molecule has 0 aliphatic carbocycles. The summed E-state index contributed by atoms with van der Waals surface area (Å²) >= 11 is 0. The molecule has 0 aromatic heterocycles. The standard InChI is InChI=1S/C6H5BF2O5/c8-3-1-2-4(9)6(5(3)10)13-7(11)14-12/h1-2,10-12H. The van der Waals surface area contributed by atoms with Gasteiger partial charge in [-0.25, -0.2) is 13.6 Å². The van der Waals surface area contributed by atoms with Crippen molar-refractivity contribution in [3.8, 4) is 11.5 Å². The molecule has 0 saturated carbocycles. The topological polar surface area (TPSA) is 79.2 Å². The number of benzene rings is 1. The number of halogens is 2. The summed E-state index contributed by atoms with van der Waals surface area (Å²) in [6.45, 7) is 0. The molecule has 0 aliphatic heterocycles. The van der Waals surface area contributed by atoms with Crippen LogP contribution in [0.15, 0.2) is 12.1 Å². The molecule has 1 aromatic carbocycles. The predicted octanol–water partition coefficient (Wildman–Crippen LogP) is 0.516. The molecule has 0 heterocycles. The van der Waals surface area contributed by atoms with Crippen LogP contribution < -0.4 is 4.65 Å². The van der Waals surface area contributed by atoms with Gasteiger partial charge in [0.2, 0.25) is 0 Å². The Morgan fingerprint density at radius 1 is 1.21 bits per heavy atom. The van der Waals surface area contributed by atoms with Gasteiger partial charge in [-0.05, 0) is 12.1 Å². The van der Waals surface area contributed by atoms with Crippen molar-refractivity contribution in [1.82, 2.24) is 0 Å². The van der Waals surface area contributed by atoms with Crippen molar-refractivity contribution in [3.05, 3.63) is 23.8 Å². The summed E-state index contributed by atoms with van der Waals surface area (Å²) in [4.78, 5) is 3.24. The van der Waals surface area contributed by atoms with E-state index in [2.05, 4.69) is 9.46 Å². The Balaban J connectivity index is 3.00. The van der Waals surface area contributed by atoms with Crippen LogP contribution in [-0.2, 0) is 4.81 Å². The predicted molar refractivity (Wildman–Crippen MR) is 40.3 cm³/mol. The van der Waals surface area contributed by atoms with E-state index in [-0.39, 0.29) is 0 Å². The van der Waals surface area contributed by atoms with Crippen LogP contribution >= 0.6 is 0 Å². The Kier molecular flexibility index (Phi) is 3.23. The zero-order valence-corrected chi connectivity index (χ0v) is 6.65. The highest BCUT2D eigenvalue weighted by Gasteiger charge is 2.24. The van der Waals surface area contributed by atoms with Crippen LogP contribution in [0.4, 0.5) is 8.78 Å². The van der Waals surface area contributed by atoms with E-state index in [1.807, 2.05) is 0 Å². The molecule has 3 N–H and O–H groups in total. The van der Waals surface area contributed by atoms with E-state index in [0.717, 1.165) is 0 Å². The minimum Gasteiger partial charge on any atom is -0.505 e. The van der Waals surface area contributed by atoms with Gasteiger partial charge >= 0.3 is 7.32 Å². The number of aromatic hydroxyl groups is 1. The second-order valence-electron chi connectivity index (χ2n) is 2.24. The quantitative estimate of drug-likeness (QED) is 0.381. The highest BCUT2D eigenvalue weighted by molar-refractivity contribution is 6.35. The van der Waals surface area contributed by atoms with Gasteiger partial charge < -0.3 is 14.8 Å². The highest BCUT2D eigenvalue weighted by Crippen LogP contribution is 2.31. The second kappa shape index (κ2) is 4.22. The molecule has 8 heteroatoms. The largest absolute Gasteiger partial charge is 0.739 e. The minimum absolute atomic E-state index is 0.670. The first kappa shape index (κ1) is 10.7. The number of rotatable bonds is 3. The Hall–Kier alpha value is -1.38. The van der Waals surface area contributed by atoms with Crippen molar-refractivity contribution in [1.29, 1.82) is 0 Å². The number of phenolic OH excluding ortho intramolecular Hbond substituents is 1. The van der Waals surface area contributed by atoms with E-state index < -0.39 is 30.5 Å². The SMILES string of the molecule is OOB(O)Oc1c(F)ccc(F)c1O. The second-order valence-corrected chi connectivity index (χ2v) is 2.24. The summed E-state index contributed by atoms with van der Waals surface area (Å²) in [5.74, 6) is -4.32. The van der Waals surface area contributed by atoms with E-state index in [1.165, 1.54) is 0 Å². The molecule has 14 heavy (non-hydrogen) atoms. The zero-order chi connectivity index (χ0) is 10.7. The fraction of sp³-hybridized carbons (Fsp3) is 0. The van der Waals surface area contributed by atoms with Crippen molar-refractivity contribution < 1.29 is 33.6 Å². The molecular weight excluding hydrogens is 201 g/mol. The number of hydrogen-bond acceptors (Lipinski definition) is 5. The summed E-state index contributed by atoms with van der Waals surface area (Å²) in [5, 5.41) is 25.4. The molecule has 1 aromatic rings. The minimum atomic E-state index is -2.21. The van der Waals surface area contributed by atoms with Crippen LogP contribution in [0.2, 0.25) is 0 Å². The van der Waals surface area contributed by atoms with Gasteiger partial charge in [-0.1, -0.05) is 0 Å². The normalized spacial score (nSPS) is 10.0. The van der Waals surface area contributed by atoms with Gasteiger partial charge in [-0.2, -0.15) is 0 Å². The van der Waals surface area contributed by atoms with E-state index in [0.29, 0.717) is 12.1 Å². The number of hydrogen-bond donors (Lipinski definition) is 3. The highest BCUT2D eigenvalue weighted by atomic mass is 19.1. The van der Waals surface area contributed by atoms with Crippen LogP contribution in [0.5, 0.6) is 11.5 Å². The molecular formula is C6H5BF2O5. The Labute approximate surface area is 77.2 Å². The zero-order valence-electron chi connectivity index (χ0n) is 6.65. The van der Waals surface area contributed by atoms with Crippen LogP contribution in [0.1, 0.15) is 0 Å². The third kappa shape index (κ3) is 2.10. The monoisotopic (exact) mass is 206 g/mol. The maximum Gasteiger partial charge on any atom is 0.739 e. The van der Waals surface area contributed by atoms with E-state index in [9.17, 15) is 8.78 Å². The van der Waals surface area contributed by atoms with E-state index in [4.69, 9.17) is 15.4 Å². The summed E-state index contributed by atoms with van der Waals surface area (Å²) in [5.41, 5.74) is 0. The Morgan fingerprint density at radius 2 is 1.79 bits per heavy atom. The fourth-order valence-electron chi connectivity index (χ4n) is 0.757. The van der Waals surface area contributed by atoms with Crippen LogP contribution in [-0.4, -0.2) is 22.7 Å². The molecule has 0 saturated heterocycles. The third-order valence-electron chi connectivity index (χ3n) is 1.34. The summed E-state index contributed by atoms with van der Waals surface area (Å²) < 4.78 is 29.6. The lowest BCUT2D eigenvalue weighted by Gasteiger charge is -2.09. The average Bonchev–Trinajstić information content (AvgIpc) is 2.18. The molecule has 5 nitrogen and oxygen atoms in total. The van der Waals surface area contributed by atoms with E-state index in [1.54, 1.807) is 0 Å². The molecule has 0 radical (unpaired) electrons. The maximum atomic E-state index is 12.8. The van der Waals surface area contributed by atoms with Gasteiger partial charge in [0, 0.05) is 0 Å². The Bertz CT molecular complexity index is 334. The first-order chi connectivity index (χ1) is 6.56. The molecule has 0 unspecified atom stereocenters. The molecule has 0 spiro atoms. The lowest BCUT2D eigenvalue weighted by Crippen LogP contribution is -2.25. The van der Waals surface area contributed by atoms with Crippen molar-refractivity contribution in [2.24, 2.45) is 0 Å². The first-order valence-corrected chi connectivity index (χ1v) is 3.38. The van der Waals surface area contributed by atoms with E-state index >= 15 is 0 Å². The lowest BCUT2D eigenvalue weighted by atomic mass is 10.2. The van der Waals surface area contributed by atoms with Gasteiger partial charge in [0.05, 0.1) is 0 Å². The summed E-state index contributed by atoms with van der Waals surface area (Å²) in [6.07, 6.45) is 0. The lowest BCUT2D eigenvalue weighted by molar-refractivity contribution is -0.171. The maximum absolute atomic E-state index is 12.8. The van der Waals surface area contributed by atoms with Gasteiger partial charge in [0.25, 0.3) is 0 Å². The molecule has 0 fully saturated rings. The molecule has 76 valence electrons. The summed E-state index contributed by atoms with van der Waals surface area (Å²) in [7, 11) is -2.21. The summed E-state index contributed by atoms with van der Waals surface area (Å²) in [6, 6.07) is 1.35. The molecule has 0 aliphatic rings. The molecule has 1 rings (SSSR count). The van der Waals surface area contributed by atoms with Gasteiger partial charge in [-0.15, -0.1) is 0 Å². The fourth-order valence-corrected chi connectivity index (χ4v) is 0.757. The average molecular weight is 206 g/mol. The van der Waals surface area contributed by atoms with Crippen molar-refractivity contribution in [3.63, 3.8) is 0 Å². The number of phenols is 1. The molecule has 0 bridgehead atoms. The van der Waals surface area contributed by atoms with Gasteiger partial charge in [0.1, 0.15) is 0 Å². The smallest absolute Gasteiger partial charge is 0.505 e. The molecule has 0 atom stereocenters. The van der Waals surface area contributed by atoms with Crippen molar-refractivity contribution in [2.45, 2.75) is 0 Å². The van der Waals surface area contributed by atoms with Crippen LogP contribution in [0.3, 0.4) is 0 Å². The third-order valence-corrected chi connectivity index (χ3v) is 1.34. The van der Waals surface area contributed by atoms with Crippen molar-refractivity contribution >= 4 is 7.32 Å². The van der Waals surface area contributed by atoms with Crippen molar-refractivity contribution in [2.75, 3.05) is 0 Å². The molecule has 0 amide bonds.